The third-order valence-electron chi connectivity index (χ3n) is 5.76. The molecule has 0 fully saturated rings. The topological polar surface area (TPSA) is 85.5 Å². The van der Waals surface area contributed by atoms with Crippen molar-refractivity contribution in [3.05, 3.63) is 71.8 Å². The average Bonchev–Trinajstić information content (AvgIpc) is 3.35. The SMILES string of the molecule is CCC(Sc1nc(-c2ccc(OC)cc2)c(-c2ccc(OC)cc2)[nH]1)C(=O)Nc1ccc(OC)c(Cl)c1. The molecule has 0 aliphatic carbocycles. The van der Waals surface area contributed by atoms with E-state index in [1.54, 1.807) is 39.5 Å². The molecule has 0 aliphatic heterocycles. The first-order chi connectivity index (χ1) is 17.9. The summed E-state index contributed by atoms with van der Waals surface area (Å²) in [6.45, 7) is 1.97. The van der Waals surface area contributed by atoms with Gasteiger partial charge >= 0.3 is 0 Å². The van der Waals surface area contributed by atoms with E-state index in [-0.39, 0.29) is 11.2 Å². The minimum absolute atomic E-state index is 0.137. The summed E-state index contributed by atoms with van der Waals surface area (Å²) in [6, 6.07) is 20.7. The molecule has 7 nitrogen and oxygen atoms in total. The van der Waals surface area contributed by atoms with Crippen LogP contribution in [0.4, 0.5) is 5.69 Å². The van der Waals surface area contributed by atoms with Crippen LogP contribution in [0.15, 0.2) is 71.9 Å². The molecule has 0 spiro atoms. The highest BCUT2D eigenvalue weighted by Gasteiger charge is 2.22. The minimum atomic E-state index is -0.375. The highest BCUT2D eigenvalue weighted by atomic mass is 35.5. The first kappa shape index (κ1) is 26.4. The van der Waals surface area contributed by atoms with Crippen molar-refractivity contribution >= 4 is 35.0 Å². The molecular weight excluding hydrogens is 510 g/mol. The molecule has 2 N–H and O–H groups in total. The fourth-order valence-electron chi connectivity index (χ4n) is 3.76. The summed E-state index contributed by atoms with van der Waals surface area (Å²) >= 11 is 7.60. The number of benzene rings is 3. The Morgan fingerprint density at radius 2 is 1.57 bits per heavy atom. The van der Waals surface area contributed by atoms with Crippen molar-refractivity contribution in [3.63, 3.8) is 0 Å². The molecule has 0 aliphatic rings. The van der Waals surface area contributed by atoms with Gasteiger partial charge in [-0.05, 0) is 73.2 Å². The number of nitrogens with zero attached hydrogens (tertiary/aromatic N) is 1. The van der Waals surface area contributed by atoms with E-state index in [9.17, 15) is 4.79 Å². The Kier molecular flexibility index (Phi) is 8.63. The van der Waals surface area contributed by atoms with Crippen molar-refractivity contribution in [1.82, 2.24) is 9.97 Å². The van der Waals surface area contributed by atoms with Crippen molar-refractivity contribution in [2.45, 2.75) is 23.8 Å². The van der Waals surface area contributed by atoms with Crippen LogP contribution in [0.5, 0.6) is 17.2 Å². The predicted molar refractivity (Wildman–Crippen MR) is 149 cm³/mol. The zero-order valence-electron chi connectivity index (χ0n) is 21.0. The lowest BCUT2D eigenvalue weighted by atomic mass is 10.0. The predicted octanol–water partition coefficient (Wildman–Crippen LogP) is 6.93. The molecule has 1 amide bonds. The number of carbonyl (C=O) groups is 1. The lowest BCUT2D eigenvalue weighted by Crippen LogP contribution is -2.24. The lowest BCUT2D eigenvalue weighted by molar-refractivity contribution is -0.115. The molecule has 1 atom stereocenters. The second-order valence-corrected chi connectivity index (χ2v) is 9.67. The fraction of sp³-hybridized carbons (Fsp3) is 0.214. The number of aromatic nitrogens is 2. The largest absolute Gasteiger partial charge is 0.497 e. The summed E-state index contributed by atoms with van der Waals surface area (Å²) in [5.74, 6) is 1.95. The van der Waals surface area contributed by atoms with Gasteiger partial charge in [-0.15, -0.1) is 0 Å². The van der Waals surface area contributed by atoms with Crippen molar-refractivity contribution in [2.24, 2.45) is 0 Å². The molecule has 37 heavy (non-hydrogen) atoms. The number of H-pyrrole nitrogens is 1. The van der Waals surface area contributed by atoms with Gasteiger partial charge in [-0.2, -0.15) is 0 Å². The van der Waals surface area contributed by atoms with E-state index in [1.165, 1.54) is 11.8 Å². The Labute approximate surface area is 225 Å². The molecule has 0 saturated heterocycles. The van der Waals surface area contributed by atoms with Crippen LogP contribution < -0.4 is 19.5 Å². The van der Waals surface area contributed by atoms with Gasteiger partial charge in [0.1, 0.15) is 17.2 Å². The molecule has 0 radical (unpaired) electrons. The number of ether oxygens (including phenoxy) is 3. The van der Waals surface area contributed by atoms with Crippen LogP contribution >= 0.6 is 23.4 Å². The number of rotatable bonds is 10. The molecule has 1 unspecified atom stereocenters. The third kappa shape index (κ3) is 6.21. The van der Waals surface area contributed by atoms with Crippen molar-refractivity contribution in [3.8, 4) is 39.8 Å². The van der Waals surface area contributed by atoms with E-state index in [0.29, 0.717) is 28.0 Å². The maximum atomic E-state index is 13.1. The van der Waals surface area contributed by atoms with Crippen LogP contribution in [0.25, 0.3) is 22.5 Å². The summed E-state index contributed by atoms with van der Waals surface area (Å²) in [6.07, 6.45) is 0.608. The maximum absolute atomic E-state index is 13.1. The average molecular weight is 538 g/mol. The van der Waals surface area contributed by atoms with Gasteiger partial charge in [0, 0.05) is 16.8 Å². The number of aromatic amines is 1. The number of nitrogens with one attached hydrogen (secondary N) is 2. The summed E-state index contributed by atoms with van der Waals surface area (Å²) in [5.41, 5.74) is 4.13. The Morgan fingerprint density at radius 1 is 0.946 bits per heavy atom. The number of thioether (sulfide) groups is 1. The number of anilines is 1. The van der Waals surface area contributed by atoms with Gasteiger partial charge in [0.05, 0.1) is 43.0 Å². The third-order valence-corrected chi connectivity index (χ3v) is 7.30. The molecule has 0 bridgehead atoms. The van der Waals surface area contributed by atoms with Gasteiger partial charge in [-0.3, -0.25) is 4.79 Å². The fourth-order valence-corrected chi connectivity index (χ4v) is 4.92. The van der Waals surface area contributed by atoms with Crippen molar-refractivity contribution in [2.75, 3.05) is 26.6 Å². The second kappa shape index (κ2) is 12.1. The van der Waals surface area contributed by atoms with E-state index in [0.717, 1.165) is 34.0 Å². The van der Waals surface area contributed by atoms with E-state index in [4.69, 9.17) is 30.8 Å². The van der Waals surface area contributed by atoms with Gasteiger partial charge in [0.2, 0.25) is 5.91 Å². The normalized spacial score (nSPS) is 11.6. The maximum Gasteiger partial charge on any atom is 0.237 e. The molecule has 0 saturated carbocycles. The summed E-state index contributed by atoms with van der Waals surface area (Å²) < 4.78 is 15.8. The van der Waals surface area contributed by atoms with Gasteiger partial charge in [0.15, 0.2) is 5.16 Å². The van der Waals surface area contributed by atoms with Gasteiger partial charge in [0.25, 0.3) is 0 Å². The molecule has 9 heteroatoms. The van der Waals surface area contributed by atoms with Crippen LogP contribution in [0.2, 0.25) is 5.02 Å². The highest BCUT2D eigenvalue weighted by Crippen LogP contribution is 2.36. The zero-order valence-corrected chi connectivity index (χ0v) is 22.6. The zero-order chi connectivity index (χ0) is 26.4. The second-order valence-electron chi connectivity index (χ2n) is 8.08. The molecule has 4 rings (SSSR count). The minimum Gasteiger partial charge on any atom is -0.497 e. The lowest BCUT2D eigenvalue weighted by Gasteiger charge is -2.14. The number of carbonyl (C=O) groups excluding carboxylic acids is 1. The first-order valence-corrected chi connectivity index (χ1v) is 12.9. The van der Waals surface area contributed by atoms with E-state index in [2.05, 4.69) is 10.3 Å². The number of hydrogen-bond donors (Lipinski definition) is 2. The molecule has 1 aromatic heterocycles. The highest BCUT2D eigenvalue weighted by molar-refractivity contribution is 8.00. The van der Waals surface area contributed by atoms with E-state index in [1.807, 2.05) is 55.5 Å². The number of methoxy groups -OCH3 is 3. The Hall–Kier alpha value is -3.62. The molecule has 1 heterocycles. The van der Waals surface area contributed by atoms with Crippen LogP contribution in [0.1, 0.15) is 13.3 Å². The van der Waals surface area contributed by atoms with Crippen molar-refractivity contribution < 1.29 is 19.0 Å². The Bertz CT molecular complexity index is 1290. The van der Waals surface area contributed by atoms with Gasteiger partial charge in [-0.25, -0.2) is 4.98 Å². The summed E-state index contributed by atoms with van der Waals surface area (Å²) in [4.78, 5) is 21.4. The number of hydrogen-bond acceptors (Lipinski definition) is 6. The van der Waals surface area contributed by atoms with Crippen LogP contribution in [0.3, 0.4) is 0 Å². The standard InChI is InChI=1S/C28H28ClN3O4S/c1-5-24(27(33)30-19-10-15-23(36-4)22(29)16-19)37-28-31-25(17-6-11-20(34-2)12-7-17)26(32-28)18-8-13-21(35-3)14-9-18/h6-16,24H,5H2,1-4H3,(H,30,33)(H,31,32). The van der Waals surface area contributed by atoms with Gasteiger partial charge < -0.3 is 24.5 Å². The quantitative estimate of drug-likeness (QED) is 0.213. The van der Waals surface area contributed by atoms with Crippen molar-refractivity contribution in [1.29, 1.82) is 0 Å². The Balaban J connectivity index is 1.62. The molecule has 4 aromatic rings. The number of halogens is 1. The van der Waals surface area contributed by atoms with Crippen LogP contribution in [0, 0.1) is 0 Å². The van der Waals surface area contributed by atoms with E-state index >= 15 is 0 Å². The Morgan fingerprint density at radius 3 is 2.11 bits per heavy atom. The summed E-state index contributed by atoms with van der Waals surface area (Å²) in [7, 11) is 4.82. The van der Waals surface area contributed by atoms with Crippen LogP contribution in [-0.4, -0.2) is 42.5 Å². The smallest absolute Gasteiger partial charge is 0.237 e. The summed E-state index contributed by atoms with van der Waals surface area (Å²) in [5, 5.41) is 3.65. The first-order valence-electron chi connectivity index (χ1n) is 11.7. The molecular formula is C28H28ClN3O4S. The van der Waals surface area contributed by atoms with E-state index < -0.39 is 0 Å². The van der Waals surface area contributed by atoms with Gasteiger partial charge in [-0.1, -0.05) is 30.3 Å². The number of imidazole rings is 1. The monoisotopic (exact) mass is 537 g/mol. The van der Waals surface area contributed by atoms with Crippen LogP contribution in [-0.2, 0) is 4.79 Å². The molecule has 3 aromatic carbocycles. The number of amides is 1. The molecule has 192 valence electrons.